The minimum absolute atomic E-state index is 0.0232. The van der Waals surface area contributed by atoms with Crippen molar-refractivity contribution < 1.29 is 37.5 Å². The second-order valence-electron chi connectivity index (χ2n) is 18.3. The molecule has 4 aliphatic rings. The Morgan fingerprint density at radius 1 is 0.978 bits per heavy atom. The molecule has 0 spiro atoms. The molecule has 1 saturated heterocycles. The molecule has 1 unspecified atom stereocenters. The van der Waals surface area contributed by atoms with Crippen molar-refractivity contribution in [3.63, 3.8) is 0 Å². The van der Waals surface area contributed by atoms with E-state index in [9.17, 15) is 9.59 Å². The third-order valence-electron chi connectivity index (χ3n) is 9.86. The molecule has 258 valence electrons. The van der Waals surface area contributed by atoms with Crippen LogP contribution in [0, 0.1) is 23.1 Å². The summed E-state index contributed by atoms with van der Waals surface area (Å²) < 4.78 is 49.1. The Labute approximate surface area is 278 Å². The summed E-state index contributed by atoms with van der Waals surface area (Å²) in [7, 11) is -4.64. The van der Waals surface area contributed by atoms with Crippen LogP contribution in [0.3, 0.4) is 0 Å². The average molecular weight is 678 g/mol. The summed E-state index contributed by atoms with van der Waals surface area (Å²) in [4.78, 5) is 26.6. The van der Waals surface area contributed by atoms with Crippen molar-refractivity contribution in [1.82, 2.24) is 4.23 Å². The lowest BCUT2D eigenvalue weighted by Gasteiger charge is -2.64. The van der Waals surface area contributed by atoms with Crippen molar-refractivity contribution in [1.29, 1.82) is 0 Å². The number of nitrogens with zero attached hydrogens (tertiary/aromatic N) is 1. The number of carbonyl (C=O) groups is 2. The maximum absolute atomic E-state index is 15.6. The molecule has 4 fully saturated rings. The van der Waals surface area contributed by atoms with Crippen molar-refractivity contribution in [3.05, 3.63) is 29.1 Å². The van der Waals surface area contributed by atoms with Gasteiger partial charge in [0.05, 0.1) is 11.7 Å². The SMILES string of the molecule is CC(C)(C)OC(=O)Oc1c(C[C@@H](B2OC3C[C@@H]4C[C@@H](C4(C)C)[C@]3(C)O2)N([Si](C)(C)C)[Si](C)(C)C)ccc(F)c1C(=O)OC(C)(C)C. The van der Waals surface area contributed by atoms with E-state index in [1.54, 1.807) is 47.6 Å². The molecule has 3 aliphatic carbocycles. The van der Waals surface area contributed by atoms with Gasteiger partial charge in [0.15, 0.2) is 5.75 Å². The first-order valence-electron chi connectivity index (χ1n) is 16.7. The number of hydrogen-bond donors (Lipinski definition) is 0. The van der Waals surface area contributed by atoms with E-state index in [2.05, 4.69) is 64.3 Å². The van der Waals surface area contributed by atoms with E-state index in [0.29, 0.717) is 23.8 Å². The number of benzene rings is 1. The molecule has 46 heavy (non-hydrogen) atoms. The van der Waals surface area contributed by atoms with Crippen LogP contribution in [-0.4, -0.2) is 68.8 Å². The molecule has 1 aliphatic heterocycles. The molecular weight excluding hydrogens is 620 g/mol. The maximum atomic E-state index is 15.6. The fourth-order valence-corrected chi connectivity index (χ4v) is 18.8. The van der Waals surface area contributed by atoms with Crippen LogP contribution >= 0.6 is 0 Å². The second-order valence-corrected chi connectivity index (χ2v) is 28.4. The quantitative estimate of drug-likeness (QED) is 0.155. The minimum Gasteiger partial charge on any atom is -0.456 e. The number of halogens is 1. The maximum Gasteiger partial charge on any atom is 0.514 e. The minimum atomic E-state index is -2.04. The van der Waals surface area contributed by atoms with Crippen LogP contribution in [0.2, 0.25) is 39.3 Å². The molecule has 5 atom stereocenters. The monoisotopic (exact) mass is 677 g/mol. The van der Waals surface area contributed by atoms with Gasteiger partial charge in [-0.1, -0.05) is 59.2 Å². The molecule has 1 heterocycles. The molecule has 5 rings (SSSR count). The Morgan fingerprint density at radius 2 is 1.54 bits per heavy atom. The zero-order valence-electron chi connectivity index (χ0n) is 30.8. The van der Waals surface area contributed by atoms with Gasteiger partial charge in [-0.15, -0.1) is 0 Å². The molecule has 2 bridgehead atoms. The summed E-state index contributed by atoms with van der Waals surface area (Å²) in [6.45, 7) is 31.0. The Hall–Kier alpha value is -1.73. The van der Waals surface area contributed by atoms with Gasteiger partial charge in [0, 0.05) is 5.94 Å². The average Bonchev–Trinajstić information content (AvgIpc) is 3.18. The summed E-state index contributed by atoms with van der Waals surface area (Å²) in [5.41, 5.74) is -1.95. The van der Waals surface area contributed by atoms with Gasteiger partial charge in [-0.05, 0) is 96.6 Å². The first-order valence-corrected chi connectivity index (χ1v) is 23.6. The van der Waals surface area contributed by atoms with Crippen molar-refractivity contribution in [2.45, 2.75) is 150 Å². The highest BCUT2D eigenvalue weighted by Crippen LogP contribution is 2.66. The van der Waals surface area contributed by atoms with Gasteiger partial charge in [0.25, 0.3) is 0 Å². The van der Waals surface area contributed by atoms with E-state index in [-0.39, 0.29) is 23.2 Å². The second kappa shape index (κ2) is 12.0. The van der Waals surface area contributed by atoms with Gasteiger partial charge in [0.2, 0.25) is 0 Å². The molecule has 0 aromatic heterocycles. The predicted molar refractivity (Wildman–Crippen MR) is 185 cm³/mol. The first-order chi connectivity index (χ1) is 20.6. The predicted octanol–water partition coefficient (Wildman–Crippen LogP) is 8.25. The van der Waals surface area contributed by atoms with Gasteiger partial charge in [-0.3, -0.25) is 0 Å². The van der Waals surface area contributed by atoms with Crippen molar-refractivity contribution in [3.8, 4) is 5.75 Å². The van der Waals surface area contributed by atoms with Gasteiger partial charge in [0.1, 0.15) is 39.1 Å². The fraction of sp³-hybridized carbons (Fsp3) is 0.765. The number of ether oxygens (including phenoxy) is 3. The summed E-state index contributed by atoms with van der Waals surface area (Å²) in [6.07, 6.45) is 1.34. The zero-order valence-corrected chi connectivity index (χ0v) is 32.8. The van der Waals surface area contributed by atoms with Gasteiger partial charge in [-0.25, -0.2) is 14.0 Å². The number of hydrogen-bond acceptors (Lipinski definition) is 8. The molecule has 0 radical (unpaired) electrons. The van der Waals surface area contributed by atoms with Crippen LogP contribution in [-0.2, 0) is 25.2 Å². The first kappa shape index (κ1) is 37.1. The summed E-state index contributed by atoms with van der Waals surface area (Å²) in [5, 5.41) is 0. The zero-order chi connectivity index (χ0) is 35.0. The lowest BCUT2D eigenvalue weighted by atomic mass is 9.43. The Bertz CT molecular complexity index is 1330. The van der Waals surface area contributed by atoms with Crippen molar-refractivity contribution >= 4 is 35.7 Å². The third kappa shape index (κ3) is 7.45. The lowest BCUT2D eigenvalue weighted by Crippen LogP contribution is -2.68. The van der Waals surface area contributed by atoms with Crippen LogP contribution in [0.4, 0.5) is 9.18 Å². The molecular formula is C34H57BFNO7Si2. The molecule has 0 amide bonds. The van der Waals surface area contributed by atoms with Gasteiger partial charge >= 0.3 is 19.2 Å². The molecule has 1 aromatic rings. The van der Waals surface area contributed by atoms with Crippen LogP contribution in [0.25, 0.3) is 0 Å². The third-order valence-corrected chi connectivity index (χ3v) is 17.4. The number of rotatable bonds is 8. The normalized spacial score (nSPS) is 26.7. The molecule has 1 aromatic carbocycles. The Kier molecular flexibility index (Phi) is 9.68. The van der Waals surface area contributed by atoms with Crippen LogP contribution < -0.4 is 4.74 Å². The van der Waals surface area contributed by atoms with E-state index in [4.69, 9.17) is 23.5 Å². The molecule has 8 nitrogen and oxygen atoms in total. The van der Waals surface area contributed by atoms with Crippen LogP contribution in [0.1, 0.15) is 91.1 Å². The van der Waals surface area contributed by atoms with E-state index in [1.165, 1.54) is 6.07 Å². The summed E-state index contributed by atoms with van der Waals surface area (Å²) >= 11 is 0. The number of carbonyl (C=O) groups excluding carboxylic acids is 2. The van der Waals surface area contributed by atoms with Crippen LogP contribution in [0.15, 0.2) is 12.1 Å². The van der Waals surface area contributed by atoms with Crippen LogP contribution in [0.5, 0.6) is 5.75 Å². The van der Waals surface area contributed by atoms with Crippen molar-refractivity contribution in [2.24, 2.45) is 17.3 Å². The molecule has 0 N–H and O–H groups in total. The Balaban J connectivity index is 1.84. The summed E-state index contributed by atoms with van der Waals surface area (Å²) in [6, 6.07) is 2.84. The highest BCUT2D eigenvalue weighted by molar-refractivity contribution is 6.90. The van der Waals surface area contributed by atoms with E-state index >= 15 is 4.39 Å². The Morgan fingerprint density at radius 3 is 2.04 bits per heavy atom. The smallest absolute Gasteiger partial charge is 0.456 e. The molecule has 12 heteroatoms. The summed E-state index contributed by atoms with van der Waals surface area (Å²) in [5.74, 6) is -1.23. The number of esters is 1. The van der Waals surface area contributed by atoms with E-state index in [1.807, 2.05) is 0 Å². The van der Waals surface area contributed by atoms with Crippen molar-refractivity contribution in [2.75, 3.05) is 0 Å². The highest BCUT2D eigenvalue weighted by atomic mass is 28.4. The fourth-order valence-electron chi connectivity index (χ4n) is 8.35. The largest absolute Gasteiger partial charge is 0.514 e. The standard InChI is InChI=1S/C34H57BFNO7Si2/c1-31(2,3)41-29(38)27-23(36)17-16-21(28(27)40-30(39)42-32(4,5)6)18-26(37(45(10,11)12)46(13,14)15)35-43-25-20-22-19-24(33(22,7)8)34(25,9)44-35/h16-17,22,24-26H,18-20H2,1-15H3/t22-,24-,25?,26-,34-/m0/s1. The topological polar surface area (TPSA) is 83.5 Å². The highest BCUT2D eigenvalue weighted by Gasteiger charge is 2.69. The van der Waals surface area contributed by atoms with Gasteiger partial charge in [-0.2, -0.15) is 0 Å². The van der Waals surface area contributed by atoms with E-state index < -0.39 is 63.9 Å². The molecule has 3 saturated carbocycles. The van der Waals surface area contributed by atoms with E-state index in [0.717, 1.165) is 12.8 Å². The lowest BCUT2D eigenvalue weighted by molar-refractivity contribution is -0.199. The van der Waals surface area contributed by atoms with Gasteiger partial charge < -0.3 is 27.8 Å².